The van der Waals surface area contributed by atoms with Crippen LogP contribution in [0.4, 0.5) is 0 Å². The summed E-state index contributed by atoms with van der Waals surface area (Å²) >= 11 is 0. The number of nitrogens with zero attached hydrogens (tertiary/aromatic N) is 1. The zero-order chi connectivity index (χ0) is 17.8. The van der Waals surface area contributed by atoms with Crippen molar-refractivity contribution in [3.63, 3.8) is 0 Å². The van der Waals surface area contributed by atoms with Crippen molar-refractivity contribution in [2.24, 2.45) is 5.73 Å². The van der Waals surface area contributed by atoms with Gasteiger partial charge in [0.15, 0.2) is 0 Å². The van der Waals surface area contributed by atoms with Gasteiger partial charge < -0.3 is 20.4 Å². The molecule has 0 aliphatic carbocycles. The Labute approximate surface area is 159 Å². The molecule has 2 heterocycles. The van der Waals surface area contributed by atoms with Crippen molar-refractivity contribution in [1.82, 2.24) is 10.2 Å². The lowest BCUT2D eigenvalue weighted by Gasteiger charge is -2.33. The van der Waals surface area contributed by atoms with Crippen LogP contribution in [0.25, 0.3) is 0 Å². The molecule has 0 radical (unpaired) electrons. The number of carbonyl (C=O) groups excluding carboxylic acids is 2. The second-order valence-electron chi connectivity index (χ2n) is 6.35. The van der Waals surface area contributed by atoms with Crippen molar-refractivity contribution >= 4 is 24.2 Å². The smallest absolute Gasteiger partial charge is 0.255 e. The van der Waals surface area contributed by atoms with E-state index in [0.29, 0.717) is 24.4 Å². The number of nitrogens with one attached hydrogen (secondary N) is 1. The van der Waals surface area contributed by atoms with Crippen LogP contribution in [0.5, 0.6) is 0 Å². The first-order valence-electron chi connectivity index (χ1n) is 8.50. The van der Waals surface area contributed by atoms with Gasteiger partial charge in [0.2, 0.25) is 5.91 Å². The van der Waals surface area contributed by atoms with Crippen molar-refractivity contribution in [3.8, 4) is 0 Å². The Morgan fingerprint density at radius 2 is 1.85 bits per heavy atom. The van der Waals surface area contributed by atoms with Gasteiger partial charge in [0.25, 0.3) is 5.91 Å². The number of aryl methyl sites for hydroxylation is 1. The Hall–Kier alpha value is -2.31. The van der Waals surface area contributed by atoms with Gasteiger partial charge in [-0.3, -0.25) is 9.59 Å². The third-order valence-corrected chi connectivity index (χ3v) is 4.67. The van der Waals surface area contributed by atoms with Crippen LogP contribution < -0.4 is 11.1 Å². The molecule has 2 amide bonds. The van der Waals surface area contributed by atoms with E-state index < -0.39 is 6.04 Å². The summed E-state index contributed by atoms with van der Waals surface area (Å²) in [6, 6.07) is 10.5. The summed E-state index contributed by atoms with van der Waals surface area (Å²) < 4.78 is 5.16. The Morgan fingerprint density at radius 3 is 2.42 bits per heavy atom. The fourth-order valence-corrected chi connectivity index (χ4v) is 3.13. The monoisotopic (exact) mass is 377 g/mol. The summed E-state index contributed by atoms with van der Waals surface area (Å²) in [4.78, 5) is 26.6. The molecule has 2 aromatic rings. The maximum absolute atomic E-state index is 12.6. The highest BCUT2D eigenvalue weighted by atomic mass is 35.5. The van der Waals surface area contributed by atoms with Crippen molar-refractivity contribution in [1.29, 1.82) is 0 Å². The SMILES string of the molecule is Cc1occc1C(=O)NC1CCN(C(=O)C(N)c2ccccc2)CC1.Cl. The van der Waals surface area contributed by atoms with Crippen LogP contribution in [-0.4, -0.2) is 35.8 Å². The predicted octanol–water partition coefficient (Wildman–Crippen LogP) is 2.43. The van der Waals surface area contributed by atoms with Crippen LogP contribution in [0.15, 0.2) is 47.1 Å². The molecule has 6 nitrogen and oxygen atoms in total. The number of piperidine rings is 1. The average molecular weight is 378 g/mol. The van der Waals surface area contributed by atoms with Gasteiger partial charge in [-0.15, -0.1) is 12.4 Å². The molecule has 7 heteroatoms. The summed E-state index contributed by atoms with van der Waals surface area (Å²) in [6.45, 7) is 2.95. The van der Waals surface area contributed by atoms with E-state index >= 15 is 0 Å². The van der Waals surface area contributed by atoms with Gasteiger partial charge in [0.05, 0.1) is 11.8 Å². The number of hydrogen-bond donors (Lipinski definition) is 2. The summed E-state index contributed by atoms with van der Waals surface area (Å²) in [5.41, 5.74) is 7.47. The number of amides is 2. The number of likely N-dealkylation sites (tertiary alicyclic amines) is 1. The number of hydrogen-bond acceptors (Lipinski definition) is 4. The molecule has 26 heavy (non-hydrogen) atoms. The van der Waals surface area contributed by atoms with E-state index in [0.717, 1.165) is 18.4 Å². The lowest BCUT2D eigenvalue weighted by atomic mass is 10.0. The van der Waals surface area contributed by atoms with Crippen molar-refractivity contribution < 1.29 is 14.0 Å². The van der Waals surface area contributed by atoms with Crippen LogP contribution in [0.1, 0.15) is 40.6 Å². The van der Waals surface area contributed by atoms with Crippen LogP contribution >= 0.6 is 12.4 Å². The lowest BCUT2D eigenvalue weighted by Crippen LogP contribution is -2.48. The van der Waals surface area contributed by atoms with E-state index in [1.807, 2.05) is 30.3 Å². The van der Waals surface area contributed by atoms with Gasteiger partial charge in [-0.1, -0.05) is 30.3 Å². The van der Waals surface area contributed by atoms with Gasteiger partial charge in [0, 0.05) is 19.1 Å². The zero-order valence-corrected chi connectivity index (χ0v) is 15.5. The van der Waals surface area contributed by atoms with E-state index in [-0.39, 0.29) is 30.3 Å². The molecule has 140 valence electrons. The van der Waals surface area contributed by atoms with E-state index in [1.54, 1.807) is 17.9 Å². The van der Waals surface area contributed by atoms with Crippen LogP contribution in [-0.2, 0) is 4.79 Å². The molecule has 1 fully saturated rings. The standard InChI is InChI=1S/C19H23N3O3.ClH/c1-13-16(9-12-25-13)18(23)21-15-7-10-22(11-8-15)19(24)17(20)14-5-3-2-4-6-14;/h2-6,9,12,15,17H,7-8,10-11,20H2,1H3,(H,21,23);1H. The van der Waals surface area contributed by atoms with Crippen LogP contribution in [0.2, 0.25) is 0 Å². The maximum atomic E-state index is 12.6. The van der Waals surface area contributed by atoms with Crippen LogP contribution in [0, 0.1) is 6.92 Å². The topological polar surface area (TPSA) is 88.6 Å². The first-order chi connectivity index (χ1) is 12.1. The largest absolute Gasteiger partial charge is 0.469 e. The Bertz CT molecular complexity index is 739. The minimum Gasteiger partial charge on any atom is -0.469 e. The number of halogens is 1. The maximum Gasteiger partial charge on any atom is 0.255 e. The quantitative estimate of drug-likeness (QED) is 0.856. The molecule has 1 aliphatic rings. The first-order valence-corrected chi connectivity index (χ1v) is 8.50. The molecule has 1 aromatic heterocycles. The average Bonchev–Trinajstić information content (AvgIpc) is 3.08. The van der Waals surface area contributed by atoms with Crippen LogP contribution in [0.3, 0.4) is 0 Å². The number of carbonyl (C=O) groups is 2. The molecule has 1 saturated heterocycles. The van der Waals surface area contributed by atoms with Crippen molar-refractivity contribution in [2.75, 3.05) is 13.1 Å². The normalized spacial score (nSPS) is 15.8. The highest BCUT2D eigenvalue weighted by Crippen LogP contribution is 2.18. The highest BCUT2D eigenvalue weighted by Gasteiger charge is 2.28. The molecule has 1 unspecified atom stereocenters. The molecule has 1 aliphatic heterocycles. The van der Waals surface area contributed by atoms with Gasteiger partial charge in [-0.05, 0) is 31.4 Å². The summed E-state index contributed by atoms with van der Waals surface area (Å²) in [5.74, 6) is 0.414. The number of furan rings is 1. The van der Waals surface area contributed by atoms with E-state index in [9.17, 15) is 9.59 Å². The number of benzene rings is 1. The third-order valence-electron chi connectivity index (χ3n) is 4.67. The predicted molar refractivity (Wildman–Crippen MR) is 101 cm³/mol. The number of nitrogens with two attached hydrogens (primary N) is 1. The molecule has 0 saturated carbocycles. The fraction of sp³-hybridized carbons (Fsp3) is 0.368. The molecule has 0 bridgehead atoms. The van der Waals surface area contributed by atoms with Gasteiger partial charge in [-0.25, -0.2) is 0 Å². The van der Waals surface area contributed by atoms with Gasteiger partial charge >= 0.3 is 0 Å². The summed E-state index contributed by atoms with van der Waals surface area (Å²) in [7, 11) is 0. The second-order valence-corrected chi connectivity index (χ2v) is 6.35. The Kier molecular flexibility index (Phi) is 6.83. The van der Waals surface area contributed by atoms with Gasteiger partial charge in [0.1, 0.15) is 11.8 Å². The minimum atomic E-state index is -0.638. The number of rotatable bonds is 4. The summed E-state index contributed by atoms with van der Waals surface area (Å²) in [5, 5.41) is 3.01. The summed E-state index contributed by atoms with van der Waals surface area (Å²) in [6.07, 6.45) is 2.95. The van der Waals surface area contributed by atoms with Gasteiger partial charge in [-0.2, -0.15) is 0 Å². The molecule has 1 atom stereocenters. The minimum absolute atomic E-state index is 0. The molecule has 0 spiro atoms. The lowest BCUT2D eigenvalue weighted by molar-refractivity contribution is -0.133. The van der Waals surface area contributed by atoms with Crippen molar-refractivity contribution in [3.05, 3.63) is 59.5 Å². The van der Waals surface area contributed by atoms with E-state index in [1.165, 1.54) is 6.26 Å². The molecule has 1 aromatic carbocycles. The molecule has 3 N–H and O–H groups in total. The highest BCUT2D eigenvalue weighted by molar-refractivity contribution is 5.95. The molecule has 3 rings (SSSR count). The Morgan fingerprint density at radius 1 is 1.19 bits per heavy atom. The van der Waals surface area contributed by atoms with E-state index in [4.69, 9.17) is 10.2 Å². The second kappa shape index (κ2) is 8.87. The molecular formula is C19H24ClN3O3. The van der Waals surface area contributed by atoms with E-state index in [2.05, 4.69) is 5.32 Å². The fourth-order valence-electron chi connectivity index (χ4n) is 3.13. The Balaban J connectivity index is 0.00000243. The zero-order valence-electron chi connectivity index (χ0n) is 14.7. The third kappa shape index (κ3) is 4.45. The first kappa shape index (κ1) is 20.0. The van der Waals surface area contributed by atoms with Crippen molar-refractivity contribution in [2.45, 2.75) is 31.8 Å². The molecular weight excluding hydrogens is 354 g/mol.